The summed E-state index contributed by atoms with van der Waals surface area (Å²) in [5, 5.41) is 3.77. The van der Waals surface area contributed by atoms with Crippen molar-refractivity contribution >= 4 is 0 Å². The molecule has 1 aromatic rings. The molecule has 0 saturated heterocycles. The highest BCUT2D eigenvalue weighted by molar-refractivity contribution is 4.85. The van der Waals surface area contributed by atoms with E-state index in [-0.39, 0.29) is 0 Å². The molecule has 1 aromatic heterocycles. The lowest BCUT2D eigenvalue weighted by Gasteiger charge is -2.38. The fraction of sp³-hybridized carbons (Fsp3) is 0.800. The summed E-state index contributed by atoms with van der Waals surface area (Å²) in [5.41, 5.74) is 0. The summed E-state index contributed by atoms with van der Waals surface area (Å²) in [7, 11) is 0. The molecule has 3 nitrogen and oxygen atoms in total. The molecule has 0 bridgehead atoms. The quantitative estimate of drug-likeness (QED) is 0.869. The van der Waals surface area contributed by atoms with Crippen LogP contribution in [0.25, 0.3) is 0 Å². The van der Waals surface area contributed by atoms with E-state index in [9.17, 15) is 0 Å². The molecule has 3 atom stereocenters. The van der Waals surface area contributed by atoms with Gasteiger partial charge in [0.05, 0.1) is 6.33 Å². The van der Waals surface area contributed by atoms with Gasteiger partial charge in [0, 0.05) is 31.5 Å². The molecule has 1 aliphatic rings. The van der Waals surface area contributed by atoms with Crippen LogP contribution in [0.1, 0.15) is 40.0 Å². The van der Waals surface area contributed by atoms with Crippen molar-refractivity contribution in [3.63, 3.8) is 0 Å². The number of imidazole rings is 1. The maximum atomic E-state index is 4.08. The second-order valence-corrected chi connectivity index (χ2v) is 6.19. The van der Waals surface area contributed by atoms with Crippen LogP contribution in [0.15, 0.2) is 18.7 Å². The zero-order valence-corrected chi connectivity index (χ0v) is 12.0. The van der Waals surface area contributed by atoms with Gasteiger partial charge in [-0.2, -0.15) is 0 Å². The van der Waals surface area contributed by atoms with Crippen molar-refractivity contribution in [1.29, 1.82) is 0 Å². The Morgan fingerprint density at radius 1 is 1.39 bits per heavy atom. The normalized spacial score (nSPS) is 28.8. The van der Waals surface area contributed by atoms with E-state index in [0.29, 0.717) is 6.04 Å². The Balaban J connectivity index is 1.81. The number of rotatable bonds is 5. The summed E-state index contributed by atoms with van der Waals surface area (Å²) in [6.07, 6.45) is 9.91. The van der Waals surface area contributed by atoms with E-state index in [4.69, 9.17) is 0 Å². The van der Waals surface area contributed by atoms with Crippen LogP contribution in [0.4, 0.5) is 0 Å². The minimum Gasteiger partial charge on any atom is -0.336 e. The van der Waals surface area contributed by atoms with E-state index in [1.807, 2.05) is 18.7 Å². The van der Waals surface area contributed by atoms with Crippen LogP contribution in [0, 0.1) is 17.8 Å². The van der Waals surface area contributed by atoms with E-state index in [0.717, 1.165) is 30.8 Å². The summed E-state index contributed by atoms with van der Waals surface area (Å²) in [5.74, 6) is 2.53. The topological polar surface area (TPSA) is 29.9 Å². The molecule has 0 amide bonds. The summed E-state index contributed by atoms with van der Waals surface area (Å²) >= 11 is 0. The fourth-order valence-corrected chi connectivity index (χ4v) is 3.23. The van der Waals surface area contributed by atoms with Crippen LogP contribution < -0.4 is 5.32 Å². The predicted octanol–water partition coefficient (Wildman–Crippen LogP) is 2.93. The summed E-state index contributed by atoms with van der Waals surface area (Å²) < 4.78 is 2.14. The Kier molecular flexibility index (Phi) is 4.81. The van der Waals surface area contributed by atoms with Gasteiger partial charge in [-0.3, -0.25) is 0 Å². The van der Waals surface area contributed by atoms with Crippen LogP contribution in [0.2, 0.25) is 0 Å². The fourth-order valence-electron chi connectivity index (χ4n) is 3.23. The number of hydrogen-bond acceptors (Lipinski definition) is 2. The summed E-state index contributed by atoms with van der Waals surface area (Å²) in [6.45, 7) is 9.20. The summed E-state index contributed by atoms with van der Waals surface area (Å²) in [4.78, 5) is 4.08. The Morgan fingerprint density at radius 2 is 2.22 bits per heavy atom. The smallest absolute Gasteiger partial charge is 0.0946 e. The second-order valence-electron chi connectivity index (χ2n) is 6.19. The van der Waals surface area contributed by atoms with Crippen molar-refractivity contribution in [3.8, 4) is 0 Å². The van der Waals surface area contributed by atoms with Crippen molar-refractivity contribution in [2.75, 3.05) is 6.54 Å². The van der Waals surface area contributed by atoms with Gasteiger partial charge >= 0.3 is 0 Å². The van der Waals surface area contributed by atoms with Crippen molar-refractivity contribution in [2.45, 2.75) is 52.6 Å². The number of nitrogens with zero attached hydrogens (tertiary/aromatic N) is 2. The highest BCUT2D eigenvalue weighted by Crippen LogP contribution is 2.33. The van der Waals surface area contributed by atoms with E-state index in [2.05, 4.69) is 35.6 Å². The van der Waals surface area contributed by atoms with Crippen LogP contribution in [0.5, 0.6) is 0 Å². The van der Waals surface area contributed by atoms with Gasteiger partial charge in [-0.15, -0.1) is 0 Å². The summed E-state index contributed by atoms with van der Waals surface area (Å²) in [6, 6.07) is 0.706. The van der Waals surface area contributed by atoms with E-state index >= 15 is 0 Å². The van der Waals surface area contributed by atoms with Crippen LogP contribution in [-0.4, -0.2) is 22.1 Å². The van der Waals surface area contributed by atoms with Gasteiger partial charge in [0.2, 0.25) is 0 Å². The highest BCUT2D eigenvalue weighted by atomic mass is 15.0. The lowest BCUT2D eigenvalue weighted by atomic mass is 9.74. The zero-order valence-electron chi connectivity index (χ0n) is 12.0. The Bertz CT molecular complexity index is 332. The van der Waals surface area contributed by atoms with Crippen molar-refractivity contribution < 1.29 is 0 Å². The van der Waals surface area contributed by atoms with Gasteiger partial charge in [0.15, 0.2) is 0 Å². The largest absolute Gasteiger partial charge is 0.336 e. The molecule has 102 valence electrons. The average molecular weight is 249 g/mol. The van der Waals surface area contributed by atoms with E-state index < -0.39 is 0 Å². The molecule has 18 heavy (non-hydrogen) atoms. The van der Waals surface area contributed by atoms with Crippen LogP contribution in [0.3, 0.4) is 0 Å². The SMILES string of the molecule is CC1CCC(C(C)C)C(NCCn2ccnc2)C1. The van der Waals surface area contributed by atoms with Crippen LogP contribution in [-0.2, 0) is 6.54 Å². The predicted molar refractivity (Wildman–Crippen MR) is 75.4 cm³/mol. The van der Waals surface area contributed by atoms with E-state index in [1.54, 1.807) is 0 Å². The molecule has 1 fully saturated rings. The molecule has 3 heteroatoms. The molecule has 0 aliphatic heterocycles. The number of nitrogens with one attached hydrogen (secondary N) is 1. The molecule has 1 aliphatic carbocycles. The van der Waals surface area contributed by atoms with Gasteiger partial charge in [-0.05, 0) is 30.6 Å². The molecule has 1 N–H and O–H groups in total. The molecule has 1 saturated carbocycles. The van der Waals surface area contributed by atoms with Gasteiger partial charge in [-0.1, -0.05) is 27.2 Å². The first-order valence-corrected chi connectivity index (χ1v) is 7.36. The van der Waals surface area contributed by atoms with Crippen LogP contribution >= 0.6 is 0 Å². The molecule has 3 unspecified atom stereocenters. The second kappa shape index (κ2) is 6.37. The molecule has 2 rings (SSSR count). The van der Waals surface area contributed by atoms with Gasteiger partial charge in [0.25, 0.3) is 0 Å². The maximum absolute atomic E-state index is 4.08. The molecular weight excluding hydrogens is 222 g/mol. The number of aromatic nitrogens is 2. The first kappa shape index (κ1) is 13.6. The number of hydrogen-bond donors (Lipinski definition) is 1. The average Bonchev–Trinajstić information content (AvgIpc) is 2.82. The zero-order chi connectivity index (χ0) is 13.0. The van der Waals surface area contributed by atoms with Crippen molar-refractivity contribution in [2.24, 2.45) is 17.8 Å². The Hall–Kier alpha value is -0.830. The van der Waals surface area contributed by atoms with E-state index in [1.165, 1.54) is 19.3 Å². The standard InChI is InChI=1S/C15H27N3/c1-12(2)14-5-4-13(3)10-15(14)17-7-9-18-8-6-16-11-18/h6,8,11-15,17H,4-5,7,9-10H2,1-3H3. The third kappa shape index (κ3) is 3.58. The van der Waals surface area contributed by atoms with Gasteiger partial charge < -0.3 is 9.88 Å². The minimum atomic E-state index is 0.706. The first-order chi connectivity index (χ1) is 8.66. The third-order valence-corrected chi connectivity index (χ3v) is 4.36. The maximum Gasteiger partial charge on any atom is 0.0946 e. The van der Waals surface area contributed by atoms with Gasteiger partial charge in [0.1, 0.15) is 0 Å². The lowest BCUT2D eigenvalue weighted by Crippen LogP contribution is -2.43. The monoisotopic (exact) mass is 249 g/mol. The Labute approximate surface area is 111 Å². The van der Waals surface area contributed by atoms with Crippen molar-refractivity contribution in [1.82, 2.24) is 14.9 Å². The molecule has 0 spiro atoms. The third-order valence-electron chi connectivity index (χ3n) is 4.36. The molecule has 0 radical (unpaired) electrons. The Morgan fingerprint density at radius 3 is 2.89 bits per heavy atom. The highest BCUT2D eigenvalue weighted by Gasteiger charge is 2.29. The molecule has 1 heterocycles. The lowest BCUT2D eigenvalue weighted by molar-refractivity contribution is 0.169. The molecular formula is C15H27N3. The van der Waals surface area contributed by atoms with Crippen molar-refractivity contribution in [3.05, 3.63) is 18.7 Å². The molecule has 0 aromatic carbocycles. The van der Waals surface area contributed by atoms with Gasteiger partial charge in [-0.25, -0.2) is 4.98 Å². The minimum absolute atomic E-state index is 0.706. The first-order valence-electron chi connectivity index (χ1n) is 7.36.